The topological polar surface area (TPSA) is 77.6 Å². The molecule has 0 aliphatic heterocycles. The number of fused-ring (bicyclic) bond motifs is 6. The number of hydrogen-bond acceptors (Lipinski definition) is 6. The third kappa shape index (κ3) is 7.61. The van der Waals surface area contributed by atoms with Crippen molar-refractivity contribution in [1.29, 1.82) is 0 Å². The maximum absolute atomic E-state index is 8.85. The average molecular weight is 856 g/mol. The number of furan rings is 1. The molecule has 6 nitrogen and oxygen atoms in total. The van der Waals surface area contributed by atoms with Gasteiger partial charge in [0.2, 0.25) is 0 Å². The number of nitrogens with zero attached hydrogens (tertiary/aromatic N) is 5. The molecule has 0 atom stereocenters. The number of aryl methyl sites for hydroxylation is 2. The van der Waals surface area contributed by atoms with Gasteiger partial charge in [0.1, 0.15) is 11.9 Å². The van der Waals surface area contributed by atoms with Crippen LogP contribution in [0, 0.1) is 31.4 Å². The summed E-state index contributed by atoms with van der Waals surface area (Å²) in [5.74, 6) is -0.216. The molecule has 0 saturated carbocycles. The second kappa shape index (κ2) is 14.1. The maximum Gasteiger partial charge on any atom is 0.121 e. The van der Waals surface area contributed by atoms with E-state index in [1.165, 1.54) is 18.7 Å². The molecule has 0 bridgehead atoms. The Kier molecular flexibility index (Phi) is 7.41. The molecule has 0 aliphatic carbocycles. The van der Waals surface area contributed by atoms with Gasteiger partial charge in [0.25, 0.3) is 0 Å². The van der Waals surface area contributed by atoms with Crippen molar-refractivity contribution in [3.8, 4) is 22.5 Å². The van der Waals surface area contributed by atoms with E-state index in [1.807, 2.05) is 24.3 Å². The van der Waals surface area contributed by atoms with Gasteiger partial charge in [-0.25, -0.2) is 4.98 Å². The second-order valence-electron chi connectivity index (χ2n) is 14.3. The van der Waals surface area contributed by atoms with Gasteiger partial charge in [-0.05, 0) is 82.3 Å². The number of benzene rings is 4. The fourth-order valence-corrected chi connectivity index (χ4v) is 5.87. The first kappa shape index (κ1) is 26.9. The zero-order valence-corrected chi connectivity index (χ0v) is 31.5. The summed E-state index contributed by atoms with van der Waals surface area (Å²) in [4.78, 5) is 20.5. The van der Waals surface area contributed by atoms with Crippen molar-refractivity contribution in [3.63, 3.8) is 0 Å². The van der Waals surface area contributed by atoms with Crippen LogP contribution in [0.4, 0.5) is 0 Å². The Morgan fingerprint density at radius 2 is 1.59 bits per heavy atom. The zero-order chi connectivity index (χ0) is 42.0. The summed E-state index contributed by atoms with van der Waals surface area (Å²) in [6.45, 7) is 6.62. The summed E-state index contributed by atoms with van der Waals surface area (Å²) < 4.78 is 69.8. The van der Waals surface area contributed by atoms with Crippen molar-refractivity contribution in [1.82, 2.24) is 24.9 Å². The molecule has 0 N–H and O–H groups in total. The van der Waals surface area contributed by atoms with Gasteiger partial charge in [-0.1, -0.05) is 118 Å². The predicted octanol–water partition coefficient (Wildman–Crippen LogP) is 11.0. The maximum atomic E-state index is 8.85. The van der Waals surface area contributed by atoms with Gasteiger partial charge in [-0.15, -0.1) is 18.2 Å². The van der Waals surface area contributed by atoms with Gasteiger partial charge in [-0.2, -0.15) is 0 Å². The number of pyridine rings is 1. The van der Waals surface area contributed by atoms with Gasteiger partial charge in [0.15, 0.2) is 0 Å². The molecule has 51 heavy (non-hydrogen) atoms. The number of aromatic nitrogens is 5. The van der Waals surface area contributed by atoms with Crippen LogP contribution in [-0.4, -0.2) is 24.9 Å². The zero-order valence-electron chi connectivity index (χ0n) is 37.1. The molecule has 0 aliphatic rings. The molecule has 0 unspecified atom stereocenters. The van der Waals surface area contributed by atoms with Gasteiger partial charge in [-0.3, -0.25) is 4.98 Å². The van der Waals surface area contributed by atoms with Crippen molar-refractivity contribution in [2.24, 2.45) is 5.41 Å². The minimum absolute atomic E-state index is 0. The molecular weight excluding hydrogens is 807 g/mol. The molecule has 4 aromatic heterocycles. The van der Waals surface area contributed by atoms with Gasteiger partial charge < -0.3 is 19.4 Å². The van der Waals surface area contributed by atoms with Gasteiger partial charge in [0, 0.05) is 59.6 Å². The standard InChI is InChI=1S/C31H26NO.C13H15N4.Ir/c1-19-18-32-28(15-22(19)17-31(2,3)4)25-11-7-10-24-27-14-21-13-12-20-8-5-6-9-23(20)26(21)16-29(27)33-30(24)25;1-9-14-6-10(7-15-9)11-5-12(13(2,3)4)17-8-16-11;/h5-10,12-16,18H,17H2,1-4H3;5-6,8H,1-4H3;/q2*-1;/i1D3,17D2;1D3;. The van der Waals surface area contributed by atoms with Crippen LogP contribution < -0.4 is 0 Å². The minimum atomic E-state index is -2.50. The third-order valence-corrected chi connectivity index (χ3v) is 8.28. The summed E-state index contributed by atoms with van der Waals surface area (Å²) in [7, 11) is 0. The van der Waals surface area contributed by atoms with E-state index in [2.05, 4.69) is 94.4 Å². The smallest absolute Gasteiger partial charge is 0.121 e. The van der Waals surface area contributed by atoms with Crippen LogP contribution >= 0.6 is 0 Å². The van der Waals surface area contributed by atoms with E-state index in [-0.39, 0.29) is 42.5 Å². The first-order valence-electron chi connectivity index (χ1n) is 20.3. The molecular formula is C44H41IrN5O-2. The molecule has 8 aromatic rings. The van der Waals surface area contributed by atoms with E-state index in [4.69, 9.17) is 15.4 Å². The van der Waals surface area contributed by atoms with Crippen LogP contribution in [0.2, 0.25) is 0 Å². The fourth-order valence-electron chi connectivity index (χ4n) is 5.87. The van der Waals surface area contributed by atoms with E-state index in [0.29, 0.717) is 28.1 Å². The van der Waals surface area contributed by atoms with E-state index in [1.54, 1.807) is 32.9 Å². The van der Waals surface area contributed by atoms with Crippen LogP contribution in [-0.2, 0) is 31.9 Å². The Balaban J connectivity index is 0.000000236. The molecule has 259 valence electrons. The van der Waals surface area contributed by atoms with E-state index in [0.717, 1.165) is 43.6 Å². The Morgan fingerprint density at radius 3 is 2.33 bits per heavy atom. The first-order chi connectivity index (χ1) is 27.0. The van der Waals surface area contributed by atoms with Crippen molar-refractivity contribution in [2.75, 3.05) is 0 Å². The van der Waals surface area contributed by atoms with E-state index < -0.39 is 25.5 Å². The van der Waals surface area contributed by atoms with Crippen molar-refractivity contribution in [2.45, 2.75) is 67.0 Å². The quantitative estimate of drug-likeness (QED) is 0.130. The van der Waals surface area contributed by atoms with Gasteiger partial charge in [0.05, 0.1) is 5.58 Å². The third-order valence-electron chi connectivity index (χ3n) is 8.28. The van der Waals surface area contributed by atoms with Crippen molar-refractivity contribution >= 4 is 43.5 Å². The van der Waals surface area contributed by atoms with Crippen molar-refractivity contribution in [3.05, 3.63) is 126 Å². The van der Waals surface area contributed by atoms with Crippen LogP contribution in [0.1, 0.15) is 75.2 Å². The molecule has 0 amide bonds. The Hall–Kier alpha value is -4.84. The number of rotatable bonds is 3. The monoisotopic (exact) mass is 856 g/mol. The first-order valence-corrected chi connectivity index (χ1v) is 16.3. The molecule has 7 heteroatoms. The molecule has 4 aromatic carbocycles. The van der Waals surface area contributed by atoms with E-state index in [9.17, 15) is 0 Å². The molecule has 1 radical (unpaired) electrons. The van der Waals surface area contributed by atoms with Crippen molar-refractivity contribution < 1.29 is 35.5 Å². The Bertz CT molecular complexity index is 2820. The molecule has 0 spiro atoms. The predicted molar refractivity (Wildman–Crippen MR) is 204 cm³/mol. The molecule has 4 heterocycles. The van der Waals surface area contributed by atoms with Crippen LogP contribution in [0.5, 0.6) is 0 Å². The van der Waals surface area contributed by atoms with Crippen LogP contribution in [0.3, 0.4) is 0 Å². The fraction of sp³-hybridized carbons (Fsp3) is 0.250. The van der Waals surface area contributed by atoms with Crippen LogP contribution in [0.15, 0.2) is 95.9 Å². The Morgan fingerprint density at radius 1 is 0.765 bits per heavy atom. The average Bonchev–Trinajstić information content (AvgIpc) is 3.53. The summed E-state index contributed by atoms with van der Waals surface area (Å²) in [6.07, 6.45) is 4.92. The van der Waals surface area contributed by atoms with Gasteiger partial charge >= 0.3 is 0 Å². The summed E-state index contributed by atoms with van der Waals surface area (Å²) >= 11 is 0. The molecule has 8 rings (SSSR count). The largest absolute Gasteiger partial charge is 0.501 e. The van der Waals surface area contributed by atoms with E-state index >= 15 is 0 Å². The van der Waals surface area contributed by atoms with Crippen LogP contribution in [0.25, 0.3) is 66.0 Å². The minimum Gasteiger partial charge on any atom is -0.501 e. The second-order valence-corrected chi connectivity index (χ2v) is 14.3. The molecule has 0 saturated heterocycles. The summed E-state index contributed by atoms with van der Waals surface area (Å²) in [5.41, 5.74) is 3.43. The number of hydrogen-bond donors (Lipinski definition) is 0. The molecule has 0 fully saturated rings. The summed E-state index contributed by atoms with van der Waals surface area (Å²) in [6, 6.07) is 27.0. The summed E-state index contributed by atoms with van der Waals surface area (Å²) in [5, 5.41) is 6.36. The SMILES string of the molecule is [2H]C([2H])([2H])c1cnc(-c2[c-]ccc3c2oc2cc4c(ccc5ccccc54)cc23)cc1C([2H])([2H])C(C)(C)C.[2H]C([2H])([2H])c1n[c-]c(-c2cc(C(C)(C)C)ncn2)cn1.[Ir]. The Labute approximate surface area is 324 Å². The normalized spacial score (nSPS) is 14.9.